The number of thioether (sulfide) groups is 1. The van der Waals surface area contributed by atoms with E-state index in [0.717, 1.165) is 27.7 Å². The van der Waals surface area contributed by atoms with Gasteiger partial charge in [-0.05, 0) is 29.2 Å². The zero-order valence-electron chi connectivity index (χ0n) is 16.1. The minimum Gasteiger partial charge on any atom is -0.344 e. The third kappa shape index (κ3) is 3.41. The Labute approximate surface area is 170 Å². The van der Waals surface area contributed by atoms with Gasteiger partial charge in [0.15, 0.2) is 0 Å². The number of hydrogen-bond donors (Lipinski definition) is 0. The standard InChI is InChI=1S/C23H23N3OS/c1-16(2)17-8-10-18(11-9-17)20-12-22(27)26-14-25(19-6-4-3-5-7-19)15-28-23(26)21(20)13-24/h3-11,16,20H,12,14-15H2,1-2H3. The molecule has 0 spiro atoms. The number of benzene rings is 2. The van der Waals surface area contributed by atoms with Crippen LogP contribution < -0.4 is 4.90 Å². The van der Waals surface area contributed by atoms with Crippen molar-refractivity contribution in [2.45, 2.75) is 32.1 Å². The van der Waals surface area contributed by atoms with Crippen LogP contribution in [0, 0.1) is 11.3 Å². The summed E-state index contributed by atoms with van der Waals surface area (Å²) in [6, 6.07) is 20.9. The molecule has 4 rings (SSSR count). The minimum atomic E-state index is -0.152. The summed E-state index contributed by atoms with van der Waals surface area (Å²) in [6.07, 6.45) is 0.344. The van der Waals surface area contributed by atoms with Crippen LogP contribution >= 0.6 is 11.8 Å². The van der Waals surface area contributed by atoms with Crippen LogP contribution in [0.5, 0.6) is 0 Å². The number of anilines is 1. The average molecular weight is 390 g/mol. The van der Waals surface area contributed by atoms with Gasteiger partial charge in [0.1, 0.15) is 0 Å². The van der Waals surface area contributed by atoms with Gasteiger partial charge in [0.2, 0.25) is 5.91 Å². The molecule has 1 unspecified atom stereocenters. The van der Waals surface area contributed by atoms with Crippen molar-refractivity contribution in [2.75, 3.05) is 17.4 Å². The number of allylic oxidation sites excluding steroid dienone is 1. The number of rotatable bonds is 3. The van der Waals surface area contributed by atoms with E-state index in [1.54, 1.807) is 16.7 Å². The molecule has 142 valence electrons. The largest absolute Gasteiger partial charge is 0.344 e. The molecule has 1 saturated heterocycles. The normalized spacial score (nSPS) is 19.6. The van der Waals surface area contributed by atoms with Crippen molar-refractivity contribution in [1.29, 1.82) is 5.26 Å². The van der Waals surface area contributed by atoms with Crippen LogP contribution in [0.15, 0.2) is 65.2 Å². The second-order valence-electron chi connectivity index (χ2n) is 7.52. The van der Waals surface area contributed by atoms with Gasteiger partial charge in [0.05, 0.1) is 29.2 Å². The summed E-state index contributed by atoms with van der Waals surface area (Å²) in [7, 11) is 0. The zero-order chi connectivity index (χ0) is 19.7. The van der Waals surface area contributed by atoms with Crippen molar-refractivity contribution in [1.82, 2.24) is 4.90 Å². The molecule has 5 heteroatoms. The van der Waals surface area contributed by atoms with Crippen molar-refractivity contribution in [3.8, 4) is 6.07 Å². The van der Waals surface area contributed by atoms with Gasteiger partial charge in [-0.3, -0.25) is 9.69 Å². The molecule has 0 aliphatic carbocycles. The summed E-state index contributed by atoms with van der Waals surface area (Å²) >= 11 is 1.58. The quantitative estimate of drug-likeness (QED) is 0.739. The third-order valence-corrected chi connectivity index (χ3v) is 6.57. The first-order valence-corrected chi connectivity index (χ1v) is 10.5. The lowest BCUT2D eigenvalue weighted by Gasteiger charge is -2.42. The molecule has 1 amide bonds. The number of hydrogen-bond acceptors (Lipinski definition) is 4. The highest BCUT2D eigenvalue weighted by atomic mass is 32.2. The Kier molecular flexibility index (Phi) is 5.15. The number of nitriles is 1. The monoisotopic (exact) mass is 389 g/mol. The zero-order valence-corrected chi connectivity index (χ0v) is 16.9. The van der Waals surface area contributed by atoms with Crippen molar-refractivity contribution < 1.29 is 4.79 Å². The van der Waals surface area contributed by atoms with Crippen LogP contribution in [0.1, 0.15) is 43.2 Å². The smallest absolute Gasteiger partial charge is 0.229 e. The molecule has 2 heterocycles. The maximum absolute atomic E-state index is 13.0. The minimum absolute atomic E-state index is 0.0834. The van der Waals surface area contributed by atoms with Crippen LogP contribution in [0.3, 0.4) is 0 Å². The van der Waals surface area contributed by atoms with E-state index in [9.17, 15) is 10.1 Å². The van der Waals surface area contributed by atoms with E-state index >= 15 is 0 Å². The summed E-state index contributed by atoms with van der Waals surface area (Å²) in [5, 5.41) is 10.7. The van der Waals surface area contributed by atoms with Gasteiger partial charge >= 0.3 is 0 Å². The topological polar surface area (TPSA) is 47.3 Å². The van der Waals surface area contributed by atoms with Gasteiger partial charge in [-0.25, -0.2) is 0 Å². The molecule has 0 N–H and O–H groups in total. The maximum atomic E-state index is 13.0. The first-order valence-electron chi connectivity index (χ1n) is 9.55. The molecule has 0 bridgehead atoms. The summed E-state index contributed by atoms with van der Waals surface area (Å²) in [5.74, 6) is 1.12. The van der Waals surface area contributed by atoms with Crippen molar-refractivity contribution >= 4 is 23.4 Å². The number of amides is 1. The molecule has 0 aromatic heterocycles. The molecule has 2 aliphatic heterocycles. The SMILES string of the molecule is CC(C)c1ccc(C2CC(=O)N3CN(c4ccccc4)CSC3=C2C#N)cc1. The molecule has 2 aromatic carbocycles. The van der Waals surface area contributed by atoms with E-state index in [4.69, 9.17) is 0 Å². The van der Waals surface area contributed by atoms with Gasteiger partial charge in [0, 0.05) is 18.0 Å². The summed E-state index contributed by atoms with van der Waals surface area (Å²) in [6.45, 7) is 4.82. The predicted octanol–water partition coefficient (Wildman–Crippen LogP) is 5.03. The average Bonchev–Trinajstić information content (AvgIpc) is 2.74. The van der Waals surface area contributed by atoms with E-state index in [0.29, 0.717) is 19.0 Å². The van der Waals surface area contributed by atoms with Gasteiger partial charge in [0.25, 0.3) is 0 Å². The molecular formula is C23H23N3OS. The second kappa shape index (κ2) is 7.73. The molecule has 4 nitrogen and oxygen atoms in total. The Morgan fingerprint density at radius 2 is 1.82 bits per heavy atom. The highest BCUT2D eigenvalue weighted by molar-refractivity contribution is 8.03. The van der Waals surface area contributed by atoms with Crippen LogP contribution in [0.25, 0.3) is 0 Å². The fourth-order valence-corrected chi connectivity index (χ4v) is 4.93. The van der Waals surface area contributed by atoms with Gasteiger partial charge in [-0.1, -0.05) is 68.1 Å². The predicted molar refractivity (Wildman–Crippen MR) is 114 cm³/mol. The molecule has 2 aliphatic rings. The second-order valence-corrected chi connectivity index (χ2v) is 8.45. The number of carbonyl (C=O) groups is 1. The fourth-order valence-electron chi connectivity index (χ4n) is 3.76. The van der Waals surface area contributed by atoms with Gasteiger partial charge < -0.3 is 4.90 Å². The van der Waals surface area contributed by atoms with Gasteiger partial charge in [-0.2, -0.15) is 5.26 Å². The Morgan fingerprint density at radius 1 is 1.11 bits per heavy atom. The molecule has 0 saturated carbocycles. The fraction of sp³-hybridized carbons (Fsp3) is 0.304. The van der Waals surface area contributed by atoms with Crippen molar-refractivity contribution in [3.05, 3.63) is 76.3 Å². The Hall–Kier alpha value is -2.71. The first kappa shape index (κ1) is 18.6. The van der Waals surface area contributed by atoms with Crippen LogP contribution in [0.2, 0.25) is 0 Å². The summed E-state index contributed by atoms with van der Waals surface area (Å²) in [5.41, 5.74) is 4.12. The lowest BCUT2D eigenvalue weighted by atomic mass is 9.85. The molecule has 28 heavy (non-hydrogen) atoms. The van der Waals surface area contributed by atoms with Crippen LogP contribution in [0.4, 0.5) is 5.69 Å². The van der Waals surface area contributed by atoms with Crippen molar-refractivity contribution in [3.63, 3.8) is 0 Å². The summed E-state index contributed by atoms with van der Waals surface area (Å²) in [4.78, 5) is 16.9. The summed E-state index contributed by atoms with van der Waals surface area (Å²) < 4.78 is 0. The van der Waals surface area contributed by atoms with Gasteiger partial charge in [-0.15, -0.1) is 0 Å². The number of carbonyl (C=O) groups excluding carboxylic acids is 1. The number of fused-ring (bicyclic) bond motifs is 1. The highest BCUT2D eigenvalue weighted by Gasteiger charge is 2.38. The lowest BCUT2D eigenvalue weighted by molar-refractivity contribution is -0.129. The van der Waals surface area contributed by atoms with Crippen LogP contribution in [-0.4, -0.2) is 23.4 Å². The third-order valence-electron chi connectivity index (χ3n) is 5.42. The highest BCUT2D eigenvalue weighted by Crippen LogP contribution is 2.43. The first-order chi connectivity index (χ1) is 13.6. The van der Waals surface area contributed by atoms with E-state index in [-0.39, 0.29) is 11.8 Å². The lowest BCUT2D eigenvalue weighted by Crippen LogP contribution is -2.47. The van der Waals surface area contributed by atoms with E-state index < -0.39 is 0 Å². The number of para-hydroxylation sites is 1. The molecule has 1 fully saturated rings. The molecule has 0 radical (unpaired) electrons. The Morgan fingerprint density at radius 3 is 2.46 bits per heavy atom. The molecule has 2 aromatic rings. The number of nitrogens with zero attached hydrogens (tertiary/aromatic N) is 3. The molecular weight excluding hydrogens is 366 g/mol. The van der Waals surface area contributed by atoms with E-state index in [1.807, 2.05) is 30.3 Å². The van der Waals surface area contributed by atoms with Crippen LogP contribution in [-0.2, 0) is 4.79 Å². The van der Waals surface area contributed by atoms with E-state index in [1.165, 1.54) is 5.56 Å². The molecule has 1 atom stereocenters. The van der Waals surface area contributed by atoms with Crippen molar-refractivity contribution in [2.24, 2.45) is 0 Å². The van der Waals surface area contributed by atoms with E-state index in [2.05, 4.69) is 49.1 Å². The Balaban J connectivity index is 1.64. The Bertz CT molecular complexity index is 944. The maximum Gasteiger partial charge on any atom is 0.229 e.